The maximum absolute atomic E-state index is 6.33. The van der Waals surface area contributed by atoms with E-state index in [1.54, 1.807) is 18.2 Å². The number of nitrogens with zero attached hydrogens (tertiary/aromatic N) is 2. The summed E-state index contributed by atoms with van der Waals surface area (Å²) in [5.74, 6) is 0.878. The van der Waals surface area contributed by atoms with Crippen molar-refractivity contribution >= 4 is 57.3 Å². The van der Waals surface area contributed by atoms with Gasteiger partial charge in [0.05, 0.1) is 9.50 Å². The minimum absolute atomic E-state index is 0.0183. The van der Waals surface area contributed by atoms with Crippen molar-refractivity contribution in [2.24, 2.45) is 0 Å². The zero-order chi connectivity index (χ0) is 17.8. The molecule has 3 rings (SSSR count). The summed E-state index contributed by atoms with van der Waals surface area (Å²) in [4.78, 5) is 0. The minimum Gasteiger partial charge on any atom is -0.486 e. The van der Waals surface area contributed by atoms with Gasteiger partial charge in [-0.25, -0.2) is 0 Å². The van der Waals surface area contributed by atoms with Gasteiger partial charge in [0.1, 0.15) is 6.61 Å². The molecule has 0 atom stereocenters. The Kier molecular flexibility index (Phi) is 5.63. The molecule has 1 heterocycles. The van der Waals surface area contributed by atoms with Crippen molar-refractivity contribution in [1.29, 1.82) is 0 Å². The van der Waals surface area contributed by atoms with Crippen LogP contribution in [-0.4, -0.2) is 10.2 Å². The Labute approximate surface area is 162 Å². The Balaban J connectivity index is 1.73. The van der Waals surface area contributed by atoms with Gasteiger partial charge in [-0.1, -0.05) is 40.4 Å². The number of halogens is 3. The first-order valence-electron chi connectivity index (χ1n) is 7.14. The van der Waals surface area contributed by atoms with Crippen LogP contribution < -0.4 is 10.5 Å². The van der Waals surface area contributed by atoms with Gasteiger partial charge in [0.25, 0.3) is 0 Å². The highest BCUT2D eigenvalue weighted by atomic mass is 79.9. The van der Waals surface area contributed by atoms with Crippen LogP contribution in [0, 0.1) is 0 Å². The van der Waals surface area contributed by atoms with Crippen LogP contribution >= 0.6 is 39.1 Å². The van der Waals surface area contributed by atoms with Gasteiger partial charge in [-0.05, 0) is 57.4 Å². The lowest BCUT2D eigenvalue weighted by Gasteiger charge is -2.11. The Morgan fingerprint density at radius 2 is 1.88 bits per heavy atom. The molecule has 0 spiro atoms. The van der Waals surface area contributed by atoms with Gasteiger partial charge in [-0.2, -0.15) is 0 Å². The monoisotopic (exact) mass is 439 g/mol. The van der Waals surface area contributed by atoms with Crippen LogP contribution in [0.3, 0.4) is 0 Å². The molecule has 0 fully saturated rings. The minimum atomic E-state index is 0.0183. The second kappa shape index (κ2) is 7.91. The largest absolute Gasteiger partial charge is 0.486 e. The first-order valence-corrected chi connectivity index (χ1v) is 8.69. The Morgan fingerprint density at radius 1 is 1.12 bits per heavy atom. The van der Waals surface area contributed by atoms with E-state index in [0.717, 1.165) is 15.6 Å². The lowest BCUT2D eigenvalue weighted by Crippen LogP contribution is -1.97. The molecule has 1 aromatic heterocycles. The number of nitrogens with two attached hydrogens (primary N) is 1. The van der Waals surface area contributed by atoms with Gasteiger partial charge in [-0.3, -0.25) is 0 Å². The standard InChI is InChI=1S/C17H12BrCl2N3O2/c18-13-7-11(3-6-15-22-23-17(21)25-15)8-14(20)16(13)24-9-10-1-4-12(19)5-2-10/h1-8H,9H2,(H2,21,23)/b6-3+. The number of nitrogen functional groups attached to an aromatic ring is 1. The van der Waals surface area contributed by atoms with E-state index in [0.29, 0.717) is 28.3 Å². The predicted molar refractivity (Wildman–Crippen MR) is 103 cm³/mol. The van der Waals surface area contributed by atoms with Crippen molar-refractivity contribution in [3.05, 3.63) is 67.9 Å². The fourth-order valence-electron chi connectivity index (χ4n) is 2.03. The molecule has 0 bridgehead atoms. The van der Waals surface area contributed by atoms with Crippen molar-refractivity contribution in [3.63, 3.8) is 0 Å². The molecule has 8 heteroatoms. The molecule has 5 nitrogen and oxygen atoms in total. The van der Waals surface area contributed by atoms with Crippen LogP contribution in [-0.2, 0) is 6.61 Å². The molecular formula is C17H12BrCl2N3O2. The number of anilines is 1. The van der Waals surface area contributed by atoms with Gasteiger partial charge in [-0.15, -0.1) is 5.10 Å². The number of aromatic nitrogens is 2. The average molecular weight is 441 g/mol. The summed E-state index contributed by atoms with van der Waals surface area (Å²) >= 11 is 15.7. The number of benzene rings is 2. The lowest BCUT2D eigenvalue weighted by molar-refractivity contribution is 0.304. The molecule has 0 aliphatic carbocycles. The molecule has 0 aliphatic rings. The van der Waals surface area contributed by atoms with E-state index in [9.17, 15) is 0 Å². The second-order valence-corrected chi connectivity index (χ2v) is 6.74. The zero-order valence-corrected chi connectivity index (χ0v) is 15.8. The summed E-state index contributed by atoms with van der Waals surface area (Å²) in [6.07, 6.45) is 3.43. The summed E-state index contributed by atoms with van der Waals surface area (Å²) in [6, 6.07) is 11.1. The van der Waals surface area contributed by atoms with E-state index in [2.05, 4.69) is 26.1 Å². The fourth-order valence-corrected chi connectivity index (χ4v) is 3.15. The topological polar surface area (TPSA) is 74.2 Å². The summed E-state index contributed by atoms with van der Waals surface area (Å²) < 4.78 is 11.6. The molecule has 0 unspecified atom stereocenters. The molecule has 0 saturated heterocycles. The molecule has 25 heavy (non-hydrogen) atoms. The SMILES string of the molecule is Nc1nnc(/C=C/c2cc(Cl)c(OCc3ccc(Cl)cc3)c(Br)c2)o1. The van der Waals surface area contributed by atoms with Gasteiger partial charge >= 0.3 is 6.01 Å². The van der Waals surface area contributed by atoms with Crippen molar-refractivity contribution in [2.45, 2.75) is 6.61 Å². The Bertz CT molecular complexity index is 888. The molecule has 0 aliphatic heterocycles. The highest BCUT2D eigenvalue weighted by Gasteiger charge is 2.09. The lowest BCUT2D eigenvalue weighted by atomic mass is 10.2. The van der Waals surface area contributed by atoms with Gasteiger partial charge < -0.3 is 14.9 Å². The normalized spacial score (nSPS) is 11.2. The van der Waals surface area contributed by atoms with Crippen molar-refractivity contribution in [2.75, 3.05) is 5.73 Å². The third-order valence-corrected chi connectivity index (χ3v) is 4.31. The number of hydrogen-bond acceptors (Lipinski definition) is 5. The van der Waals surface area contributed by atoms with Crippen LogP contribution in [0.2, 0.25) is 10.0 Å². The first-order chi connectivity index (χ1) is 12.0. The van der Waals surface area contributed by atoms with Crippen LogP contribution in [0.15, 0.2) is 45.3 Å². The highest BCUT2D eigenvalue weighted by molar-refractivity contribution is 9.10. The average Bonchev–Trinajstić information content (AvgIpc) is 2.99. The molecule has 128 valence electrons. The van der Waals surface area contributed by atoms with Crippen LogP contribution in [0.25, 0.3) is 12.2 Å². The Hall–Kier alpha value is -2.02. The zero-order valence-electron chi connectivity index (χ0n) is 12.7. The molecule has 0 radical (unpaired) electrons. The fraction of sp³-hybridized carbons (Fsp3) is 0.0588. The molecular weight excluding hydrogens is 429 g/mol. The molecule has 0 saturated carbocycles. The Morgan fingerprint density at radius 3 is 2.52 bits per heavy atom. The summed E-state index contributed by atoms with van der Waals surface area (Å²) in [7, 11) is 0. The van der Waals surface area contributed by atoms with Crippen molar-refractivity contribution < 1.29 is 9.15 Å². The van der Waals surface area contributed by atoms with Crippen LogP contribution in [0.5, 0.6) is 5.75 Å². The summed E-state index contributed by atoms with van der Waals surface area (Å²) in [6.45, 7) is 0.381. The maximum atomic E-state index is 6.33. The highest BCUT2D eigenvalue weighted by Crippen LogP contribution is 2.35. The van der Waals surface area contributed by atoms with Crippen molar-refractivity contribution in [3.8, 4) is 5.75 Å². The van der Waals surface area contributed by atoms with Gasteiger partial charge in [0.2, 0.25) is 5.89 Å². The van der Waals surface area contributed by atoms with E-state index in [1.165, 1.54) is 0 Å². The third kappa shape index (κ3) is 4.75. The van der Waals surface area contributed by atoms with Crippen LogP contribution in [0.1, 0.15) is 17.0 Å². The smallest absolute Gasteiger partial charge is 0.313 e. The molecule has 2 N–H and O–H groups in total. The van der Waals surface area contributed by atoms with E-state index < -0.39 is 0 Å². The van der Waals surface area contributed by atoms with E-state index >= 15 is 0 Å². The van der Waals surface area contributed by atoms with Gasteiger partial charge in [0.15, 0.2) is 5.75 Å². The number of hydrogen-bond donors (Lipinski definition) is 1. The van der Waals surface area contributed by atoms with Crippen LogP contribution in [0.4, 0.5) is 6.01 Å². The number of ether oxygens (including phenoxy) is 1. The molecule has 2 aromatic carbocycles. The predicted octanol–water partition coefficient (Wildman–Crippen LogP) is 5.47. The van der Waals surface area contributed by atoms with Gasteiger partial charge in [0, 0.05) is 11.1 Å². The van der Waals surface area contributed by atoms with E-state index in [1.807, 2.05) is 30.3 Å². The maximum Gasteiger partial charge on any atom is 0.313 e. The second-order valence-electron chi connectivity index (χ2n) is 5.04. The van der Waals surface area contributed by atoms with E-state index in [4.69, 9.17) is 38.1 Å². The third-order valence-electron chi connectivity index (χ3n) is 3.19. The summed E-state index contributed by atoms with van der Waals surface area (Å²) in [5.41, 5.74) is 7.21. The first kappa shape index (κ1) is 17.8. The number of rotatable bonds is 5. The van der Waals surface area contributed by atoms with Crippen molar-refractivity contribution in [1.82, 2.24) is 10.2 Å². The molecule has 0 amide bonds. The van der Waals surface area contributed by atoms with E-state index in [-0.39, 0.29) is 6.01 Å². The molecule has 3 aromatic rings. The summed E-state index contributed by atoms with van der Waals surface area (Å²) in [5, 5.41) is 8.50. The quantitative estimate of drug-likeness (QED) is 0.569.